The molecule has 1 aliphatic rings. The molecule has 5 heteroatoms. The van der Waals surface area contributed by atoms with E-state index in [0.717, 1.165) is 11.3 Å². The number of aliphatic imine (C=N–C) groups is 1. The Morgan fingerprint density at radius 1 is 1.14 bits per heavy atom. The fourth-order valence-electron chi connectivity index (χ4n) is 2.21. The summed E-state index contributed by atoms with van der Waals surface area (Å²) in [6.45, 7) is 1.92. The van der Waals surface area contributed by atoms with Gasteiger partial charge in [-0.15, -0.1) is 0 Å². The van der Waals surface area contributed by atoms with E-state index in [2.05, 4.69) is 4.99 Å². The van der Waals surface area contributed by atoms with Crippen LogP contribution in [0.5, 0.6) is 0 Å². The lowest BCUT2D eigenvalue weighted by Crippen LogP contribution is -2.29. The van der Waals surface area contributed by atoms with Gasteiger partial charge in [0.05, 0.1) is 11.4 Å². The SMILES string of the molecule is Cc1cccc(C(=O)N=C2SCC(=O)N2c2ccccc2)c1. The van der Waals surface area contributed by atoms with Crippen LogP contribution in [0.15, 0.2) is 59.6 Å². The average Bonchev–Trinajstić information content (AvgIpc) is 2.89. The molecule has 1 heterocycles. The predicted molar refractivity (Wildman–Crippen MR) is 89.3 cm³/mol. The number of anilines is 1. The van der Waals surface area contributed by atoms with Gasteiger partial charge in [0.2, 0.25) is 5.91 Å². The molecule has 1 fully saturated rings. The van der Waals surface area contributed by atoms with Crippen LogP contribution in [0.25, 0.3) is 0 Å². The first-order valence-corrected chi connectivity index (χ1v) is 7.84. The van der Waals surface area contributed by atoms with Crippen LogP contribution >= 0.6 is 11.8 Å². The van der Waals surface area contributed by atoms with Crippen molar-refractivity contribution >= 4 is 34.4 Å². The maximum absolute atomic E-state index is 12.3. The summed E-state index contributed by atoms with van der Waals surface area (Å²) in [5.74, 6) is -0.0942. The first kappa shape index (κ1) is 14.5. The van der Waals surface area contributed by atoms with Crippen molar-refractivity contribution in [3.05, 3.63) is 65.7 Å². The molecule has 110 valence electrons. The van der Waals surface area contributed by atoms with Crippen molar-refractivity contribution in [2.45, 2.75) is 6.92 Å². The van der Waals surface area contributed by atoms with Crippen LogP contribution in [0, 0.1) is 6.92 Å². The summed E-state index contributed by atoms with van der Waals surface area (Å²) in [4.78, 5) is 30.0. The zero-order valence-corrected chi connectivity index (χ0v) is 12.8. The largest absolute Gasteiger partial charge is 0.279 e. The summed E-state index contributed by atoms with van der Waals surface area (Å²) in [5, 5.41) is 0.433. The minimum absolute atomic E-state index is 0.0630. The third-order valence-corrected chi connectivity index (χ3v) is 4.17. The molecule has 1 aliphatic heterocycles. The molecular weight excluding hydrogens is 296 g/mol. The molecule has 0 spiro atoms. The standard InChI is InChI=1S/C17H14N2O2S/c1-12-6-5-7-13(10-12)16(21)18-17-19(15(20)11-22-17)14-8-3-2-4-9-14/h2-10H,11H2,1H3. The minimum Gasteiger partial charge on any atom is -0.273 e. The monoisotopic (exact) mass is 310 g/mol. The van der Waals surface area contributed by atoms with E-state index in [1.54, 1.807) is 12.1 Å². The van der Waals surface area contributed by atoms with Crippen molar-refractivity contribution < 1.29 is 9.59 Å². The van der Waals surface area contributed by atoms with Crippen molar-refractivity contribution in [3.63, 3.8) is 0 Å². The molecule has 2 amide bonds. The van der Waals surface area contributed by atoms with Gasteiger partial charge in [-0.25, -0.2) is 0 Å². The Kier molecular flexibility index (Phi) is 4.06. The van der Waals surface area contributed by atoms with Crippen LogP contribution in [0.4, 0.5) is 5.69 Å². The molecular formula is C17H14N2O2S. The van der Waals surface area contributed by atoms with Gasteiger partial charge in [-0.2, -0.15) is 4.99 Å². The first-order chi connectivity index (χ1) is 10.6. The fourth-order valence-corrected chi connectivity index (χ4v) is 3.07. The number of amides is 2. The number of thioether (sulfide) groups is 1. The number of aryl methyl sites for hydroxylation is 1. The summed E-state index contributed by atoms with van der Waals surface area (Å²) in [6, 6.07) is 16.5. The number of amidine groups is 1. The van der Waals surface area contributed by atoms with Crippen molar-refractivity contribution in [2.24, 2.45) is 4.99 Å². The molecule has 0 radical (unpaired) electrons. The highest BCUT2D eigenvalue weighted by Gasteiger charge is 2.30. The van der Waals surface area contributed by atoms with Gasteiger partial charge in [0.15, 0.2) is 5.17 Å². The topological polar surface area (TPSA) is 49.7 Å². The molecule has 2 aromatic rings. The van der Waals surface area contributed by atoms with Crippen LogP contribution in [-0.4, -0.2) is 22.7 Å². The minimum atomic E-state index is -0.332. The Balaban J connectivity index is 1.92. The number of para-hydroxylation sites is 1. The first-order valence-electron chi connectivity index (χ1n) is 6.85. The van der Waals surface area contributed by atoms with Gasteiger partial charge < -0.3 is 0 Å². The van der Waals surface area contributed by atoms with Gasteiger partial charge in [0.25, 0.3) is 5.91 Å². The fraction of sp³-hybridized carbons (Fsp3) is 0.118. The molecule has 2 aromatic carbocycles. The molecule has 0 N–H and O–H groups in total. The lowest BCUT2D eigenvalue weighted by molar-refractivity contribution is -0.115. The zero-order valence-electron chi connectivity index (χ0n) is 12.0. The number of rotatable bonds is 2. The quantitative estimate of drug-likeness (QED) is 0.855. The third-order valence-electron chi connectivity index (χ3n) is 3.24. The lowest BCUT2D eigenvalue weighted by Gasteiger charge is -2.15. The molecule has 4 nitrogen and oxygen atoms in total. The van der Waals surface area contributed by atoms with Crippen LogP contribution in [0.3, 0.4) is 0 Å². The van der Waals surface area contributed by atoms with Crippen molar-refractivity contribution in [1.82, 2.24) is 0 Å². The van der Waals surface area contributed by atoms with Gasteiger partial charge in [-0.1, -0.05) is 47.7 Å². The number of nitrogens with zero attached hydrogens (tertiary/aromatic N) is 2. The van der Waals surface area contributed by atoms with Gasteiger partial charge >= 0.3 is 0 Å². The summed E-state index contributed by atoms with van der Waals surface area (Å²) in [6.07, 6.45) is 0. The Hall–Kier alpha value is -2.40. The Morgan fingerprint density at radius 2 is 1.91 bits per heavy atom. The molecule has 0 saturated carbocycles. The van der Waals surface area contributed by atoms with Gasteiger partial charge in [0.1, 0.15) is 0 Å². The second-order valence-electron chi connectivity index (χ2n) is 4.92. The van der Waals surface area contributed by atoms with E-state index in [0.29, 0.717) is 16.5 Å². The number of hydrogen-bond donors (Lipinski definition) is 0. The molecule has 3 rings (SSSR count). The van der Waals surface area contributed by atoms with E-state index in [9.17, 15) is 9.59 Å². The zero-order chi connectivity index (χ0) is 15.5. The van der Waals surface area contributed by atoms with Gasteiger partial charge in [-0.05, 0) is 31.2 Å². The second kappa shape index (κ2) is 6.15. The Morgan fingerprint density at radius 3 is 2.64 bits per heavy atom. The summed E-state index contributed by atoms with van der Waals surface area (Å²) in [5.41, 5.74) is 2.26. The second-order valence-corrected chi connectivity index (χ2v) is 5.86. The van der Waals surface area contributed by atoms with E-state index in [1.165, 1.54) is 16.7 Å². The maximum Gasteiger partial charge on any atom is 0.279 e. The normalized spacial score (nSPS) is 16.3. The van der Waals surface area contributed by atoms with Crippen molar-refractivity contribution in [3.8, 4) is 0 Å². The van der Waals surface area contributed by atoms with Crippen LogP contribution < -0.4 is 4.90 Å². The smallest absolute Gasteiger partial charge is 0.273 e. The van der Waals surface area contributed by atoms with Crippen molar-refractivity contribution in [2.75, 3.05) is 10.7 Å². The molecule has 22 heavy (non-hydrogen) atoms. The average molecular weight is 310 g/mol. The van der Waals surface area contributed by atoms with Crippen molar-refractivity contribution in [1.29, 1.82) is 0 Å². The molecule has 0 atom stereocenters. The van der Waals surface area contributed by atoms with Crippen LogP contribution in [-0.2, 0) is 4.79 Å². The van der Waals surface area contributed by atoms with Gasteiger partial charge in [-0.3, -0.25) is 14.5 Å². The maximum atomic E-state index is 12.3. The lowest BCUT2D eigenvalue weighted by atomic mass is 10.1. The highest BCUT2D eigenvalue weighted by molar-refractivity contribution is 8.15. The summed E-state index contributed by atoms with van der Waals surface area (Å²) < 4.78 is 0. The molecule has 0 unspecified atom stereocenters. The number of carbonyl (C=O) groups is 2. The third kappa shape index (κ3) is 2.94. The van der Waals surface area contributed by atoms with E-state index in [-0.39, 0.29) is 11.8 Å². The predicted octanol–water partition coefficient (Wildman–Crippen LogP) is 3.27. The molecule has 0 aliphatic carbocycles. The number of carbonyl (C=O) groups excluding carboxylic acids is 2. The van der Waals surface area contributed by atoms with Crippen LogP contribution in [0.2, 0.25) is 0 Å². The highest BCUT2D eigenvalue weighted by atomic mass is 32.2. The van der Waals surface area contributed by atoms with Crippen LogP contribution in [0.1, 0.15) is 15.9 Å². The highest BCUT2D eigenvalue weighted by Crippen LogP contribution is 2.26. The van der Waals surface area contributed by atoms with Gasteiger partial charge in [0, 0.05) is 5.56 Å². The number of benzene rings is 2. The molecule has 1 saturated heterocycles. The van der Waals surface area contributed by atoms with E-state index in [1.807, 2.05) is 49.4 Å². The number of hydrogen-bond acceptors (Lipinski definition) is 3. The Labute approximate surface area is 132 Å². The van der Waals surface area contributed by atoms with E-state index < -0.39 is 0 Å². The summed E-state index contributed by atoms with van der Waals surface area (Å²) >= 11 is 1.29. The van der Waals surface area contributed by atoms with E-state index in [4.69, 9.17) is 0 Å². The molecule has 0 aromatic heterocycles. The summed E-state index contributed by atoms with van der Waals surface area (Å²) in [7, 11) is 0. The Bertz CT molecular complexity index is 756. The van der Waals surface area contributed by atoms with E-state index >= 15 is 0 Å². The molecule has 0 bridgehead atoms.